The standard InChI is InChI=1S/C15H20N2O7/c1-4-23-13-6-5-11(9-12(13)17(20)21)15(19)24-10(2)14(18)16-7-8-22-3/h5-6,9-10H,4,7-8H2,1-3H3,(H,16,18)/t10-/m1/s1. The number of rotatable bonds is 9. The van der Waals surface area contributed by atoms with Gasteiger partial charge in [0, 0.05) is 19.7 Å². The Morgan fingerprint density at radius 3 is 2.67 bits per heavy atom. The second kappa shape index (κ2) is 9.46. The number of carbonyl (C=O) groups excluding carboxylic acids is 2. The van der Waals surface area contributed by atoms with E-state index in [9.17, 15) is 19.7 Å². The van der Waals surface area contributed by atoms with Crippen LogP contribution in [0.1, 0.15) is 24.2 Å². The van der Waals surface area contributed by atoms with E-state index in [0.717, 1.165) is 6.07 Å². The Kier molecular flexibility index (Phi) is 7.63. The number of hydrogen-bond donors (Lipinski definition) is 1. The van der Waals surface area contributed by atoms with Crippen LogP contribution in [0.3, 0.4) is 0 Å². The maximum absolute atomic E-state index is 12.0. The van der Waals surface area contributed by atoms with Crippen molar-refractivity contribution in [1.29, 1.82) is 0 Å². The van der Waals surface area contributed by atoms with E-state index in [-0.39, 0.29) is 30.2 Å². The van der Waals surface area contributed by atoms with E-state index in [1.807, 2.05) is 0 Å². The zero-order valence-electron chi connectivity index (χ0n) is 13.7. The van der Waals surface area contributed by atoms with Gasteiger partial charge in [-0.3, -0.25) is 14.9 Å². The Bertz CT molecular complexity index is 603. The molecule has 24 heavy (non-hydrogen) atoms. The molecule has 0 aliphatic rings. The van der Waals surface area contributed by atoms with E-state index in [1.54, 1.807) is 6.92 Å². The van der Waals surface area contributed by atoms with Crippen molar-refractivity contribution >= 4 is 17.6 Å². The van der Waals surface area contributed by atoms with Crippen molar-refractivity contribution in [3.05, 3.63) is 33.9 Å². The molecule has 1 N–H and O–H groups in total. The van der Waals surface area contributed by atoms with Gasteiger partial charge in [0.2, 0.25) is 0 Å². The van der Waals surface area contributed by atoms with E-state index < -0.39 is 22.9 Å². The van der Waals surface area contributed by atoms with Crippen LogP contribution in [-0.4, -0.2) is 49.8 Å². The number of nitrogens with one attached hydrogen (secondary N) is 1. The lowest BCUT2D eigenvalue weighted by atomic mass is 10.2. The molecule has 1 atom stereocenters. The Balaban J connectivity index is 2.78. The Morgan fingerprint density at radius 2 is 2.08 bits per heavy atom. The van der Waals surface area contributed by atoms with Crippen LogP contribution in [0.15, 0.2) is 18.2 Å². The Morgan fingerprint density at radius 1 is 1.38 bits per heavy atom. The number of ether oxygens (including phenoxy) is 3. The highest BCUT2D eigenvalue weighted by Crippen LogP contribution is 2.28. The minimum absolute atomic E-state index is 0.0401. The summed E-state index contributed by atoms with van der Waals surface area (Å²) in [5.74, 6) is -1.26. The van der Waals surface area contributed by atoms with Crippen LogP contribution in [0.4, 0.5) is 5.69 Å². The van der Waals surface area contributed by atoms with Crippen LogP contribution < -0.4 is 10.1 Å². The minimum atomic E-state index is -1.04. The Labute approximate surface area is 139 Å². The molecule has 0 radical (unpaired) electrons. The van der Waals surface area contributed by atoms with E-state index >= 15 is 0 Å². The van der Waals surface area contributed by atoms with Crippen LogP contribution in [0.25, 0.3) is 0 Å². The maximum atomic E-state index is 12.0. The smallest absolute Gasteiger partial charge is 0.339 e. The third-order valence-corrected chi connectivity index (χ3v) is 2.95. The lowest BCUT2D eigenvalue weighted by molar-refractivity contribution is -0.385. The van der Waals surface area contributed by atoms with E-state index in [4.69, 9.17) is 14.2 Å². The van der Waals surface area contributed by atoms with Gasteiger partial charge in [0.15, 0.2) is 11.9 Å². The summed E-state index contributed by atoms with van der Waals surface area (Å²) in [6.45, 7) is 3.96. The molecule has 1 aromatic carbocycles. The van der Waals surface area contributed by atoms with Crippen LogP contribution in [0.5, 0.6) is 5.75 Å². The molecule has 0 saturated carbocycles. The number of nitrogens with zero attached hydrogens (tertiary/aromatic N) is 1. The molecule has 0 spiro atoms. The minimum Gasteiger partial charge on any atom is -0.487 e. The van der Waals surface area contributed by atoms with Gasteiger partial charge < -0.3 is 19.5 Å². The van der Waals surface area contributed by atoms with Crippen molar-refractivity contribution in [2.24, 2.45) is 0 Å². The first-order chi connectivity index (χ1) is 11.4. The number of nitro benzene ring substituents is 1. The second-order valence-corrected chi connectivity index (χ2v) is 4.70. The first-order valence-electron chi connectivity index (χ1n) is 7.29. The number of esters is 1. The first kappa shape index (κ1) is 19.4. The predicted octanol–water partition coefficient (Wildman–Crippen LogP) is 1.30. The fourth-order valence-corrected chi connectivity index (χ4v) is 1.77. The molecule has 0 aliphatic heterocycles. The van der Waals surface area contributed by atoms with Gasteiger partial charge in [-0.2, -0.15) is 0 Å². The van der Waals surface area contributed by atoms with Gasteiger partial charge in [0.1, 0.15) is 0 Å². The molecule has 0 aromatic heterocycles. The number of carbonyl (C=O) groups is 2. The van der Waals surface area contributed by atoms with Gasteiger partial charge in [-0.1, -0.05) is 0 Å². The summed E-state index contributed by atoms with van der Waals surface area (Å²) in [6, 6.07) is 3.72. The average molecular weight is 340 g/mol. The van der Waals surface area contributed by atoms with Crippen LogP contribution in [0.2, 0.25) is 0 Å². The van der Waals surface area contributed by atoms with Gasteiger partial charge >= 0.3 is 11.7 Å². The van der Waals surface area contributed by atoms with Gasteiger partial charge in [0.05, 0.1) is 23.7 Å². The third kappa shape index (κ3) is 5.51. The summed E-state index contributed by atoms with van der Waals surface area (Å²) in [5, 5.41) is 13.6. The summed E-state index contributed by atoms with van der Waals surface area (Å²) >= 11 is 0. The van der Waals surface area contributed by atoms with Crippen molar-refractivity contribution in [2.45, 2.75) is 20.0 Å². The highest BCUT2D eigenvalue weighted by Gasteiger charge is 2.22. The SMILES string of the molecule is CCOc1ccc(C(=O)O[C@H](C)C(=O)NCCOC)cc1[N+](=O)[O-]. The summed E-state index contributed by atoms with van der Waals surface area (Å²) in [7, 11) is 1.49. The largest absolute Gasteiger partial charge is 0.487 e. The molecule has 132 valence electrons. The highest BCUT2D eigenvalue weighted by molar-refractivity contribution is 5.93. The fourth-order valence-electron chi connectivity index (χ4n) is 1.77. The average Bonchev–Trinajstić information content (AvgIpc) is 2.55. The summed E-state index contributed by atoms with van der Waals surface area (Å²) in [4.78, 5) is 34.2. The molecule has 0 bridgehead atoms. The lowest BCUT2D eigenvalue weighted by Crippen LogP contribution is -2.37. The van der Waals surface area contributed by atoms with E-state index in [0.29, 0.717) is 6.61 Å². The van der Waals surface area contributed by atoms with Gasteiger partial charge in [-0.05, 0) is 26.0 Å². The topological polar surface area (TPSA) is 117 Å². The number of methoxy groups -OCH3 is 1. The fraction of sp³-hybridized carbons (Fsp3) is 0.467. The van der Waals surface area contributed by atoms with Crippen molar-refractivity contribution in [1.82, 2.24) is 5.32 Å². The quantitative estimate of drug-likeness (QED) is 0.311. The number of benzene rings is 1. The monoisotopic (exact) mass is 340 g/mol. The lowest BCUT2D eigenvalue weighted by Gasteiger charge is -2.13. The molecule has 1 aromatic rings. The van der Waals surface area contributed by atoms with Crippen LogP contribution >= 0.6 is 0 Å². The molecule has 0 fully saturated rings. The molecule has 0 saturated heterocycles. The van der Waals surface area contributed by atoms with Gasteiger partial charge in [-0.15, -0.1) is 0 Å². The summed E-state index contributed by atoms with van der Waals surface area (Å²) in [6.07, 6.45) is -1.04. The van der Waals surface area contributed by atoms with Crippen LogP contribution in [-0.2, 0) is 14.3 Å². The van der Waals surface area contributed by atoms with E-state index in [2.05, 4.69) is 5.32 Å². The second-order valence-electron chi connectivity index (χ2n) is 4.70. The maximum Gasteiger partial charge on any atom is 0.339 e. The van der Waals surface area contributed by atoms with Crippen molar-refractivity contribution in [3.63, 3.8) is 0 Å². The zero-order valence-corrected chi connectivity index (χ0v) is 13.7. The highest BCUT2D eigenvalue weighted by atomic mass is 16.6. The van der Waals surface area contributed by atoms with E-state index in [1.165, 1.54) is 26.2 Å². The molecular formula is C15H20N2O7. The van der Waals surface area contributed by atoms with Crippen molar-refractivity contribution in [2.75, 3.05) is 26.9 Å². The Hall–Kier alpha value is -2.68. The third-order valence-electron chi connectivity index (χ3n) is 2.95. The van der Waals surface area contributed by atoms with Crippen molar-refractivity contribution < 1.29 is 28.7 Å². The van der Waals surface area contributed by atoms with Gasteiger partial charge in [0.25, 0.3) is 5.91 Å². The molecule has 9 heteroatoms. The normalized spacial score (nSPS) is 11.5. The number of nitro groups is 1. The number of amides is 1. The summed E-state index contributed by atoms with van der Waals surface area (Å²) < 4.78 is 14.9. The summed E-state index contributed by atoms with van der Waals surface area (Å²) in [5.41, 5.74) is -0.384. The molecule has 1 rings (SSSR count). The van der Waals surface area contributed by atoms with Crippen molar-refractivity contribution in [3.8, 4) is 5.75 Å². The van der Waals surface area contributed by atoms with Crippen LogP contribution in [0, 0.1) is 10.1 Å². The predicted molar refractivity (Wildman–Crippen MR) is 84.0 cm³/mol. The number of hydrogen-bond acceptors (Lipinski definition) is 7. The first-order valence-corrected chi connectivity index (χ1v) is 7.29. The molecular weight excluding hydrogens is 320 g/mol. The molecule has 1 amide bonds. The zero-order chi connectivity index (χ0) is 18.1. The molecule has 9 nitrogen and oxygen atoms in total. The molecule has 0 aliphatic carbocycles. The molecule has 0 heterocycles. The van der Waals surface area contributed by atoms with Gasteiger partial charge in [-0.25, -0.2) is 4.79 Å². The molecule has 0 unspecified atom stereocenters.